The highest BCUT2D eigenvalue weighted by Gasteiger charge is 2.32. The average molecular weight is 345 g/mol. The predicted octanol–water partition coefficient (Wildman–Crippen LogP) is 2.14. The number of hydrogen-bond donors (Lipinski definition) is 3. The Balaban J connectivity index is 1.46. The van der Waals surface area contributed by atoms with E-state index in [0.717, 1.165) is 29.1 Å². The fourth-order valence-corrected chi connectivity index (χ4v) is 3.55. The summed E-state index contributed by atoms with van der Waals surface area (Å²) in [5.74, 6) is 1.21. The second-order valence-corrected chi connectivity index (χ2v) is 6.54. The second-order valence-electron chi connectivity index (χ2n) is 6.54. The lowest BCUT2D eigenvalue weighted by Gasteiger charge is -2.16. The number of aromatic nitrogens is 5. The number of rotatable bonds is 4. The monoisotopic (exact) mass is 345 g/mol. The number of aromatic amines is 1. The molecule has 0 bridgehead atoms. The zero-order chi connectivity index (χ0) is 17.3. The molecule has 1 saturated heterocycles. The number of hydrogen-bond acceptors (Lipinski definition) is 5. The van der Waals surface area contributed by atoms with Gasteiger partial charge in [0.05, 0.1) is 24.7 Å². The summed E-state index contributed by atoms with van der Waals surface area (Å²) in [5.41, 5.74) is 10.9. The van der Waals surface area contributed by atoms with E-state index in [1.165, 1.54) is 5.56 Å². The Hall–Kier alpha value is -3.03. The van der Waals surface area contributed by atoms with E-state index < -0.39 is 0 Å². The molecule has 4 aromatic rings. The van der Waals surface area contributed by atoms with Gasteiger partial charge < -0.3 is 4.98 Å². The van der Waals surface area contributed by atoms with Crippen molar-refractivity contribution < 1.29 is 0 Å². The van der Waals surface area contributed by atoms with Crippen molar-refractivity contribution in [3.05, 3.63) is 78.0 Å². The average Bonchev–Trinajstić information content (AvgIpc) is 3.40. The molecule has 5 rings (SSSR count). The Morgan fingerprint density at radius 3 is 2.77 bits per heavy atom. The van der Waals surface area contributed by atoms with E-state index in [-0.39, 0.29) is 12.0 Å². The number of H-pyrrole nitrogens is 1. The molecule has 4 heterocycles. The number of pyridine rings is 1. The largest absolute Gasteiger partial charge is 0.339 e. The van der Waals surface area contributed by atoms with E-state index in [9.17, 15) is 0 Å². The van der Waals surface area contributed by atoms with Gasteiger partial charge in [0.15, 0.2) is 5.65 Å². The summed E-state index contributed by atoms with van der Waals surface area (Å²) in [4.78, 5) is 12.4. The van der Waals surface area contributed by atoms with Crippen LogP contribution in [0.1, 0.15) is 28.9 Å². The predicted molar refractivity (Wildman–Crippen MR) is 98.3 cm³/mol. The minimum Gasteiger partial charge on any atom is -0.339 e. The van der Waals surface area contributed by atoms with Crippen molar-refractivity contribution in [1.82, 2.24) is 35.6 Å². The minimum atomic E-state index is 0.188. The first-order valence-corrected chi connectivity index (χ1v) is 8.72. The maximum Gasteiger partial charge on any atom is 0.176 e. The van der Waals surface area contributed by atoms with Gasteiger partial charge in [-0.15, -0.1) is 0 Å². The van der Waals surface area contributed by atoms with Crippen LogP contribution in [0.25, 0.3) is 11.2 Å². The van der Waals surface area contributed by atoms with Crippen LogP contribution in [0.3, 0.4) is 0 Å². The highest BCUT2D eigenvalue weighted by molar-refractivity contribution is 5.70. The molecule has 0 spiro atoms. The summed E-state index contributed by atoms with van der Waals surface area (Å²) in [6.07, 6.45) is 5.44. The SMILES string of the molecule is c1ccc(C2NNCC2c2nc3c(cnn3Cc3ccncc3)[nH]2)cc1. The molecule has 2 unspecified atom stereocenters. The quantitative estimate of drug-likeness (QED) is 0.528. The van der Waals surface area contributed by atoms with Crippen LogP contribution < -0.4 is 10.9 Å². The first-order valence-electron chi connectivity index (χ1n) is 8.72. The van der Waals surface area contributed by atoms with Crippen molar-refractivity contribution in [2.45, 2.75) is 18.5 Å². The summed E-state index contributed by atoms with van der Waals surface area (Å²) < 4.78 is 1.93. The third-order valence-electron chi connectivity index (χ3n) is 4.87. The normalized spacial score (nSPS) is 20.0. The molecule has 7 nitrogen and oxygen atoms in total. The Labute approximate surface area is 150 Å². The molecule has 1 aliphatic rings. The lowest BCUT2D eigenvalue weighted by atomic mass is 9.94. The molecule has 7 heteroatoms. The molecule has 0 amide bonds. The van der Waals surface area contributed by atoms with E-state index in [4.69, 9.17) is 4.98 Å². The highest BCUT2D eigenvalue weighted by atomic mass is 15.4. The van der Waals surface area contributed by atoms with Crippen molar-refractivity contribution in [2.75, 3.05) is 6.54 Å². The Bertz CT molecular complexity index is 1010. The number of imidazole rings is 1. The van der Waals surface area contributed by atoms with Gasteiger partial charge in [0, 0.05) is 18.9 Å². The van der Waals surface area contributed by atoms with Crippen molar-refractivity contribution in [2.24, 2.45) is 0 Å². The maximum atomic E-state index is 4.88. The van der Waals surface area contributed by atoms with Crippen LogP contribution in [-0.4, -0.2) is 31.3 Å². The molecule has 1 aliphatic heterocycles. The Morgan fingerprint density at radius 2 is 1.92 bits per heavy atom. The first-order chi connectivity index (χ1) is 12.9. The second kappa shape index (κ2) is 6.36. The summed E-state index contributed by atoms with van der Waals surface area (Å²) in [7, 11) is 0. The maximum absolute atomic E-state index is 4.88. The van der Waals surface area contributed by atoms with Crippen LogP contribution in [0.4, 0.5) is 0 Å². The van der Waals surface area contributed by atoms with E-state index in [1.54, 1.807) is 12.4 Å². The smallest absolute Gasteiger partial charge is 0.176 e. The van der Waals surface area contributed by atoms with Crippen molar-refractivity contribution >= 4 is 11.2 Å². The fraction of sp³-hybridized carbons (Fsp3) is 0.211. The van der Waals surface area contributed by atoms with Crippen LogP contribution in [-0.2, 0) is 6.54 Å². The highest BCUT2D eigenvalue weighted by Crippen LogP contribution is 2.32. The van der Waals surface area contributed by atoms with Gasteiger partial charge in [0.2, 0.25) is 0 Å². The van der Waals surface area contributed by atoms with Crippen molar-refractivity contribution in [3.8, 4) is 0 Å². The molecule has 130 valence electrons. The molecule has 3 aromatic heterocycles. The first kappa shape index (κ1) is 15.2. The Morgan fingerprint density at radius 1 is 1.08 bits per heavy atom. The Kier molecular flexibility index (Phi) is 3.73. The van der Waals surface area contributed by atoms with Gasteiger partial charge in [0.25, 0.3) is 0 Å². The molecular formula is C19H19N7. The zero-order valence-electron chi connectivity index (χ0n) is 14.1. The van der Waals surface area contributed by atoms with Gasteiger partial charge >= 0.3 is 0 Å². The lowest BCUT2D eigenvalue weighted by Crippen LogP contribution is -2.24. The lowest BCUT2D eigenvalue weighted by molar-refractivity contribution is 0.543. The van der Waals surface area contributed by atoms with E-state index >= 15 is 0 Å². The molecule has 0 saturated carbocycles. The third kappa shape index (κ3) is 2.67. The van der Waals surface area contributed by atoms with Crippen LogP contribution in [0.5, 0.6) is 0 Å². The van der Waals surface area contributed by atoms with Gasteiger partial charge in [-0.25, -0.2) is 15.1 Å². The minimum absolute atomic E-state index is 0.188. The molecule has 1 fully saturated rings. The summed E-state index contributed by atoms with van der Waals surface area (Å²) in [5, 5.41) is 4.47. The van der Waals surface area contributed by atoms with Gasteiger partial charge in [0.1, 0.15) is 11.3 Å². The van der Waals surface area contributed by atoms with Crippen molar-refractivity contribution in [3.63, 3.8) is 0 Å². The molecule has 1 aromatic carbocycles. The van der Waals surface area contributed by atoms with E-state index in [1.807, 2.05) is 29.1 Å². The standard InChI is InChI=1S/C19H19N7/c1-2-4-14(5-3-1)17-15(10-21-25-17)18-23-16-11-22-26(19(16)24-18)12-13-6-8-20-9-7-13/h1-9,11,15,17,21,25H,10,12H2,(H,23,24). The molecule has 0 aliphatic carbocycles. The summed E-state index contributed by atoms with van der Waals surface area (Å²) >= 11 is 0. The summed E-state index contributed by atoms with van der Waals surface area (Å²) in [6, 6.07) is 14.6. The number of hydrazine groups is 1. The van der Waals surface area contributed by atoms with Crippen LogP contribution in [0.15, 0.2) is 61.1 Å². The van der Waals surface area contributed by atoms with Crippen molar-refractivity contribution in [1.29, 1.82) is 0 Å². The number of fused-ring (bicyclic) bond motifs is 1. The van der Waals surface area contributed by atoms with Crippen LogP contribution in [0, 0.1) is 0 Å². The molecular weight excluding hydrogens is 326 g/mol. The van der Waals surface area contributed by atoms with E-state index in [0.29, 0.717) is 6.54 Å². The van der Waals surface area contributed by atoms with Crippen LogP contribution >= 0.6 is 0 Å². The molecule has 0 radical (unpaired) electrons. The van der Waals surface area contributed by atoms with Gasteiger partial charge in [-0.3, -0.25) is 10.4 Å². The molecule has 26 heavy (non-hydrogen) atoms. The topological polar surface area (TPSA) is 83.4 Å². The van der Waals surface area contributed by atoms with Gasteiger partial charge in [-0.2, -0.15) is 5.10 Å². The van der Waals surface area contributed by atoms with Crippen LogP contribution in [0.2, 0.25) is 0 Å². The zero-order valence-corrected chi connectivity index (χ0v) is 14.1. The van der Waals surface area contributed by atoms with Gasteiger partial charge in [-0.05, 0) is 23.3 Å². The van der Waals surface area contributed by atoms with Gasteiger partial charge in [-0.1, -0.05) is 30.3 Å². The molecule has 2 atom stereocenters. The van der Waals surface area contributed by atoms with E-state index in [2.05, 4.69) is 50.2 Å². The third-order valence-corrected chi connectivity index (χ3v) is 4.87. The fourth-order valence-electron chi connectivity index (χ4n) is 3.55. The number of nitrogens with one attached hydrogen (secondary N) is 3. The molecule has 3 N–H and O–H groups in total. The number of nitrogens with zero attached hydrogens (tertiary/aromatic N) is 4. The summed E-state index contributed by atoms with van der Waals surface area (Å²) in [6.45, 7) is 1.51. The number of benzene rings is 1.